The van der Waals surface area contributed by atoms with Crippen molar-refractivity contribution in [3.05, 3.63) is 11.6 Å². The first-order valence-corrected chi connectivity index (χ1v) is 28.0. The zero-order chi connectivity index (χ0) is 57.5. The number of aliphatic hydroxyl groups is 16. The third-order valence-electron chi connectivity index (χ3n) is 20.8. The second-order valence-electron chi connectivity index (χ2n) is 25.9. The molecule has 24 heteroatoms. The van der Waals surface area contributed by atoms with Gasteiger partial charge in [-0.25, -0.2) is 0 Å². The number of ether oxygens (including phenoxy) is 8. The Hall–Kier alpha value is -1.22. The van der Waals surface area contributed by atoms with E-state index < -0.39 is 184 Å². The van der Waals surface area contributed by atoms with Gasteiger partial charge in [0.05, 0.1) is 50.3 Å². The molecule has 0 aromatic carbocycles. The Bertz CT molecular complexity index is 2030. The number of rotatable bonds is 17. The van der Waals surface area contributed by atoms with Crippen LogP contribution in [0.1, 0.15) is 107 Å². The minimum Gasteiger partial charge on any atom is -0.394 e. The predicted molar refractivity (Wildman–Crippen MR) is 268 cm³/mol. The van der Waals surface area contributed by atoms with Gasteiger partial charge in [-0.05, 0) is 99.7 Å². The van der Waals surface area contributed by atoms with Gasteiger partial charge in [0.2, 0.25) is 0 Å². The van der Waals surface area contributed by atoms with Gasteiger partial charge in [-0.2, -0.15) is 0 Å². The van der Waals surface area contributed by atoms with E-state index >= 15 is 0 Å². The van der Waals surface area contributed by atoms with Crippen LogP contribution in [0.4, 0.5) is 0 Å². The lowest BCUT2D eigenvalue weighted by atomic mass is 9.38. The van der Waals surface area contributed by atoms with Gasteiger partial charge in [0.1, 0.15) is 97.7 Å². The molecule has 0 bridgehead atoms. The lowest BCUT2D eigenvalue weighted by molar-refractivity contribution is -0.375. The molecule has 0 amide bonds. The molecule has 0 spiro atoms. The highest BCUT2D eigenvalue weighted by atomic mass is 16.8. The maximum Gasteiger partial charge on any atom is 0.187 e. The number of hydrogen-bond donors (Lipinski definition) is 16. The van der Waals surface area contributed by atoms with Gasteiger partial charge in [-0.1, -0.05) is 53.2 Å². The van der Waals surface area contributed by atoms with Gasteiger partial charge in [-0.3, -0.25) is 0 Å². The topological polar surface area (TPSA) is 398 Å². The van der Waals surface area contributed by atoms with E-state index in [1.165, 1.54) is 0 Å². The molecule has 4 saturated heterocycles. The molecule has 0 aromatic rings. The molecule has 3 saturated carbocycles. The molecular weight excluding hydrogens is 1030 g/mol. The van der Waals surface area contributed by atoms with Crippen LogP contribution >= 0.6 is 0 Å². The molecule has 4 heterocycles. The summed E-state index contributed by atoms with van der Waals surface area (Å²) in [6.07, 6.45) is -26.9. The normalized spacial score (nSPS) is 51.4. The maximum absolute atomic E-state index is 12.7. The summed E-state index contributed by atoms with van der Waals surface area (Å²) in [5.41, 5.74) is -2.12. The molecule has 4 aliphatic carbocycles. The average Bonchev–Trinajstić information content (AvgIpc) is 2.93. The largest absolute Gasteiger partial charge is 0.394 e. The Kier molecular flexibility index (Phi) is 19.1. The molecule has 8 rings (SSSR count). The first-order valence-electron chi connectivity index (χ1n) is 28.0. The van der Waals surface area contributed by atoms with Gasteiger partial charge >= 0.3 is 0 Å². The van der Waals surface area contributed by atoms with Crippen LogP contribution < -0.4 is 0 Å². The molecule has 16 N–H and O–H groups in total. The fourth-order valence-corrected chi connectivity index (χ4v) is 15.6. The van der Waals surface area contributed by atoms with Crippen molar-refractivity contribution in [1.29, 1.82) is 0 Å². The Labute approximate surface area is 455 Å². The van der Waals surface area contributed by atoms with E-state index in [-0.39, 0.29) is 40.9 Å². The van der Waals surface area contributed by atoms with Gasteiger partial charge in [-0.15, -0.1) is 0 Å². The fraction of sp³-hybridized carbons (Fsp3) is 0.963. The van der Waals surface area contributed by atoms with Crippen LogP contribution in [0.2, 0.25) is 0 Å². The van der Waals surface area contributed by atoms with E-state index in [0.717, 1.165) is 18.4 Å². The SMILES string of the molecule is C[C@H](CC[C@@H](O[C@@H]1O[C@H](CO)[C@@H](O)[C@H](O)[C@H]1OC1O[C@@H](CO)[C@H](O)[C@@H](O)[C@@H]1O)C(C)(C)O)C1CC[C@@]2(C)[C@H]3CC=C4[C@@H](CC[C@H](O[C@@H]5O[C@H](CO[C@@H]6O[C@H](CO)[C@@H](O)[C@H](O)[C@H]6O)[C@@H](O)[C@H](O)[C@H]5O)C4(C)C)[C@]3(C)[C@H](O)C[C@]12C. The number of fused-ring (bicyclic) bond motifs is 5. The Morgan fingerprint density at radius 3 is 1.65 bits per heavy atom. The van der Waals surface area contributed by atoms with E-state index in [1.54, 1.807) is 13.8 Å². The highest BCUT2D eigenvalue weighted by Crippen LogP contribution is 2.75. The summed E-state index contributed by atoms with van der Waals surface area (Å²) < 4.78 is 47.5. The molecule has 30 atom stereocenters. The smallest absolute Gasteiger partial charge is 0.187 e. The number of aliphatic hydroxyl groups excluding tert-OH is 15. The van der Waals surface area contributed by atoms with Gasteiger partial charge in [0, 0.05) is 10.8 Å². The highest BCUT2D eigenvalue weighted by molar-refractivity contribution is 5.32. The van der Waals surface area contributed by atoms with E-state index in [0.29, 0.717) is 32.1 Å². The van der Waals surface area contributed by atoms with Crippen molar-refractivity contribution >= 4 is 0 Å². The standard InChI is InChI=1S/C54H92O24/c1-22(9-13-33(51(4,5)70)77-49-45(41(66)36(61)28(20-57)74-49)78-48-44(69)39(64)35(60)27(19-56)73-48)23-15-16-52(6)30-12-10-24-25(54(30,8)31(58)17-53(23,52)7)11-14-32(50(24,2)3)76-47-43(68)40(65)37(62)29(75-47)21-71-46-42(67)38(63)34(59)26(18-55)72-46/h10,22-23,25-49,55-70H,9,11-21H2,1-8H3/t22-,23?,25-,26-,27+,28-,29-,30-,31-,32+,33-,34-,35+,36-,37-,38+,39-,40+,41+,42-,43-,44+,45-,46-,47+,48?,49+,52+,53-,54+/m1/s1. The third kappa shape index (κ3) is 11.0. The second kappa shape index (κ2) is 23.7. The highest BCUT2D eigenvalue weighted by Gasteiger charge is 2.70. The van der Waals surface area contributed by atoms with Crippen molar-refractivity contribution in [3.8, 4) is 0 Å². The summed E-state index contributed by atoms with van der Waals surface area (Å²) in [7, 11) is 0. The minimum absolute atomic E-state index is 0.0338. The molecular formula is C54H92O24. The summed E-state index contributed by atoms with van der Waals surface area (Å²) >= 11 is 0. The van der Waals surface area contributed by atoms with Crippen molar-refractivity contribution in [3.63, 3.8) is 0 Å². The van der Waals surface area contributed by atoms with Crippen LogP contribution in [-0.2, 0) is 37.9 Å². The maximum atomic E-state index is 12.7. The Balaban J connectivity index is 0.940. The van der Waals surface area contributed by atoms with E-state index in [4.69, 9.17) is 37.9 Å². The molecule has 78 heavy (non-hydrogen) atoms. The average molecular weight is 1130 g/mol. The number of hydrogen-bond acceptors (Lipinski definition) is 24. The van der Waals surface area contributed by atoms with Crippen molar-refractivity contribution in [2.45, 2.75) is 253 Å². The fourth-order valence-electron chi connectivity index (χ4n) is 15.6. The second-order valence-corrected chi connectivity index (χ2v) is 25.9. The molecule has 24 nitrogen and oxygen atoms in total. The van der Waals surface area contributed by atoms with E-state index in [2.05, 4.69) is 47.6 Å². The minimum atomic E-state index is -1.85. The predicted octanol–water partition coefficient (Wildman–Crippen LogP) is -3.23. The Morgan fingerprint density at radius 1 is 0.590 bits per heavy atom. The van der Waals surface area contributed by atoms with Gasteiger partial charge in [0.15, 0.2) is 25.2 Å². The van der Waals surface area contributed by atoms with Crippen molar-refractivity contribution in [1.82, 2.24) is 0 Å². The molecule has 452 valence electrons. The van der Waals surface area contributed by atoms with Crippen molar-refractivity contribution < 1.29 is 120 Å². The summed E-state index contributed by atoms with van der Waals surface area (Å²) in [5, 5.41) is 172. The summed E-state index contributed by atoms with van der Waals surface area (Å²) in [4.78, 5) is 0. The monoisotopic (exact) mass is 1120 g/mol. The third-order valence-corrected chi connectivity index (χ3v) is 20.8. The lowest BCUT2D eigenvalue weighted by Crippen LogP contribution is -2.65. The molecule has 2 unspecified atom stereocenters. The Morgan fingerprint density at radius 2 is 1.09 bits per heavy atom. The lowest BCUT2D eigenvalue weighted by Gasteiger charge is -2.67. The zero-order valence-corrected chi connectivity index (χ0v) is 46.1. The van der Waals surface area contributed by atoms with Crippen LogP contribution in [0, 0.1) is 45.3 Å². The number of allylic oxidation sites excluding steroid dienone is 1. The molecule has 8 aliphatic rings. The van der Waals surface area contributed by atoms with Crippen LogP contribution in [0.5, 0.6) is 0 Å². The van der Waals surface area contributed by atoms with Crippen LogP contribution in [0.3, 0.4) is 0 Å². The van der Waals surface area contributed by atoms with E-state index in [9.17, 15) is 81.7 Å². The van der Waals surface area contributed by atoms with E-state index in [1.807, 2.05) is 0 Å². The van der Waals surface area contributed by atoms with Crippen molar-refractivity contribution in [2.75, 3.05) is 26.4 Å². The summed E-state index contributed by atoms with van der Waals surface area (Å²) in [6.45, 7) is 13.6. The molecule has 0 radical (unpaired) electrons. The molecule has 4 aliphatic heterocycles. The zero-order valence-electron chi connectivity index (χ0n) is 46.1. The van der Waals surface area contributed by atoms with Gasteiger partial charge < -0.3 is 120 Å². The quantitative estimate of drug-likeness (QED) is 0.0637. The van der Waals surface area contributed by atoms with Crippen LogP contribution in [0.15, 0.2) is 11.6 Å². The van der Waals surface area contributed by atoms with Crippen molar-refractivity contribution in [2.24, 2.45) is 45.3 Å². The molecule has 0 aromatic heterocycles. The molecule has 7 fully saturated rings. The first-order chi connectivity index (χ1) is 36.4. The summed E-state index contributed by atoms with van der Waals surface area (Å²) in [6, 6.07) is 0. The van der Waals surface area contributed by atoms with Gasteiger partial charge in [0.25, 0.3) is 0 Å². The summed E-state index contributed by atoms with van der Waals surface area (Å²) in [5.74, 6) is 0.236. The van der Waals surface area contributed by atoms with Crippen LogP contribution in [0.25, 0.3) is 0 Å². The first kappa shape index (κ1) is 62.8. The van der Waals surface area contributed by atoms with Crippen LogP contribution in [-0.4, -0.2) is 255 Å².